The summed E-state index contributed by atoms with van der Waals surface area (Å²) in [6.45, 7) is 4.65. The molecule has 0 aliphatic heterocycles. The molecular weight excluding hydrogens is 382 g/mol. The number of carbonyl (C=O) groups is 5. The number of carbonyl (C=O) groups excluding carboxylic acids is 5. The minimum absolute atomic E-state index is 0.562. The monoisotopic (exact) mass is 405 g/mol. The predicted octanol–water partition coefficient (Wildman–Crippen LogP) is -0.264. The fourth-order valence-electron chi connectivity index (χ4n) is 2.11. The molecule has 158 valence electrons. The molecule has 0 fully saturated rings. The molecule has 0 heterocycles. The topological polar surface area (TPSA) is 164 Å². The van der Waals surface area contributed by atoms with Gasteiger partial charge in [-0.15, -0.1) is 0 Å². The van der Waals surface area contributed by atoms with Gasteiger partial charge in [0.1, 0.15) is 6.61 Å². The lowest BCUT2D eigenvalue weighted by molar-refractivity contribution is -0.197. The standard InChI is InChI=1S/C16H23NO11/c1-8(18)24-7-14(26-10(3)20)16(28-12(5)22)15(27-11(4)21)13(6-17-23)25-9(2)19/h6,13-16,23H,7H2,1-5H3/b17-6+/t13-,14+,15+,16-/m0/s1. The summed E-state index contributed by atoms with van der Waals surface area (Å²) in [5.41, 5.74) is 0. The van der Waals surface area contributed by atoms with E-state index in [9.17, 15) is 24.0 Å². The molecule has 28 heavy (non-hydrogen) atoms. The zero-order chi connectivity index (χ0) is 21.9. The molecule has 12 nitrogen and oxygen atoms in total. The number of ether oxygens (including phenoxy) is 5. The van der Waals surface area contributed by atoms with Gasteiger partial charge < -0.3 is 28.9 Å². The van der Waals surface area contributed by atoms with Gasteiger partial charge in [0, 0.05) is 34.6 Å². The van der Waals surface area contributed by atoms with Gasteiger partial charge in [-0.1, -0.05) is 5.16 Å². The van der Waals surface area contributed by atoms with E-state index in [4.69, 9.17) is 28.9 Å². The minimum atomic E-state index is -1.60. The average Bonchev–Trinajstić information content (AvgIpc) is 2.53. The number of nitrogens with zero attached hydrogens (tertiary/aromatic N) is 1. The summed E-state index contributed by atoms with van der Waals surface area (Å²) < 4.78 is 24.9. The van der Waals surface area contributed by atoms with Crippen molar-refractivity contribution >= 4 is 36.1 Å². The zero-order valence-electron chi connectivity index (χ0n) is 16.1. The quantitative estimate of drug-likeness (QED) is 0.167. The Labute approximate surface area is 160 Å². The second-order valence-corrected chi connectivity index (χ2v) is 5.44. The Kier molecular flexibility index (Phi) is 10.9. The number of hydrogen-bond donors (Lipinski definition) is 1. The maximum Gasteiger partial charge on any atom is 0.303 e. The van der Waals surface area contributed by atoms with Crippen molar-refractivity contribution in [3.8, 4) is 0 Å². The molecule has 0 saturated carbocycles. The maximum atomic E-state index is 11.6. The van der Waals surface area contributed by atoms with E-state index in [1.807, 2.05) is 0 Å². The van der Waals surface area contributed by atoms with Crippen LogP contribution in [0, 0.1) is 0 Å². The maximum absolute atomic E-state index is 11.6. The second-order valence-electron chi connectivity index (χ2n) is 5.44. The van der Waals surface area contributed by atoms with E-state index in [0.29, 0.717) is 6.21 Å². The van der Waals surface area contributed by atoms with E-state index < -0.39 is 60.9 Å². The number of rotatable bonds is 10. The van der Waals surface area contributed by atoms with Crippen molar-refractivity contribution in [2.45, 2.75) is 59.0 Å². The van der Waals surface area contributed by atoms with E-state index >= 15 is 0 Å². The molecule has 0 amide bonds. The van der Waals surface area contributed by atoms with Gasteiger partial charge in [-0.25, -0.2) is 0 Å². The fourth-order valence-corrected chi connectivity index (χ4v) is 2.11. The van der Waals surface area contributed by atoms with Crippen molar-refractivity contribution in [1.29, 1.82) is 0 Å². The highest BCUT2D eigenvalue weighted by atomic mass is 16.6. The largest absolute Gasteiger partial charge is 0.462 e. The van der Waals surface area contributed by atoms with Crippen molar-refractivity contribution < 1.29 is 52.9 Å². The van der Waals surface area contributed by atoms with E-state index in [-0.39, 0.29) is 0 Å². The van der Waals surface area contributed by atoms with Crippen LogP contribution in [0.2, 0.25) is 0 Å². The smallest absolute Gasteiger partial charge is 0.303 e. The van der Waals surface area contributed by atoms with E-state index in [0.717, 1.165) is 34.6 Å². The van der Waals surface area contributed by atoms with E-state index in [1.54, 1.807) is 0 Å². The third-order valence-corrected chi connectivity index (χ3v) is 2.90. The lowest BCUT2D eigenvalue weighted by Gasteiger charge is -2.33. The first-order valence-electron chi connectivity index (χ1n) is 7.97. The zero-order valence-corrected chi connectivity index (χ0v) is 16.1. The van der Waals surface area contributed by atoms with E-state index in [2.05, 4.69) is 5.16 Å². The lowest BCUT2D eigenvalue weighted by atomic mass is 10.0. The minimum Gasteiger partial charge on any atom is -0.462 e. The Morgan fingerprint density at radius 3 is 1.61 bits per heavy atom. The van der Waals surface area contributed by atoms with Crippen molar-refractivity contribution in [3.05, 3.63) is 0 Å². The number of hydrogen-bond acceptors (Lipinski definition) is 12. The van der Waals surface area contributed by atoms with Gasteiger partial charge in [0.2, 0.25) is 0 Å². The van der Waals surface area contributed by atoms with Gasteiger partial charge in [0.15, 0.2) is 24.4 Å². The van der Waals surface area contributed by atoms with Crippen LogP contribution < -0.4 is 0 Å². The van der Waals surface area contributed by atoms with Crippen LogP contribution in [-0.2, 0) is 47.7 Å². The van der Waals surface area contributed by atoms with Crippen molar-refractivity contribution in [2.75, 3.05) is 6.61 Å². The highest BCUT2D eigenvalue weighted by molar-refractivity contribution is 5.74. The van der Waals surface area contributed by atoms with Crippen LogP contribution in [0.5, 0.6) is 0 Å². The molecule has 0 unspecified atom stereocenters. The first kappa shape index (κ1) is 24.8. The Morgan fingerprint density at radius 2 is 1.21 bits per heavy atom. The molecule has 0 spiro atoms. The summed E-state index contributed by atoms with van der Waals surface area (Å²) >= 11 is 0. The van der Waals surface area contributed by atoms with Crippen LogP contribution in [0.15, 0.2) is 5.16 Å². The molecule has 0 aliphatic carbocycles. The molecule has 0 rings (SSSR count). The first-order valence-corrected chi connectivity index (χ1v) is 7.97. The van der Waals surface area contributed by atoms with Crippen LogP contribution in [-0.4, -0.2) is 72.3 Å². The van der Waals surface area contributed by atoms with Crippen molar-refractivity contribution in [1.82, 2.24) is 0 Å². The molecule has 12 heteroatoms. The Hall–Kier alpha value is -3.18. The van der Waals surface area contributed by atoms with Gasteiger partial charge in [-0.05, 0) is 0 Å². The molecule has 0 aromatic heterocycles. The third-order valence-electron chi connectivity index (χ3n) is 2.90. The summed E-state index contributed by atoms with van der Waals surface area (Å²) in [6, 6.07) is 0. The molecule has 0 aromatic carbocycles. The van der Waals surface area contributed by atoms with Crippen LogP contribution in [0.4, 0.5) is 0 Å². The molecule has 0 saturated heterocycles. The predicted molar refractivity (Wildman–Crippen MR) is 89.1 cm³/mol. The van der Waals surface area contributed by atoms with Gasteiger partial charge in [0.25, 0.3) is 0 Å². The van der Waals surface area contributed by atoms with Gasteiger partial charge in [0.05, 0.1) is 6.21 Å². The number of esters is 5. The summed E-state index contributed by atoms with van der Waals surface area (Å²) in [7, 11) is 0. The average molecular weight is 405 g/mol. The molecule has 1 N–H and O–H groups in total. The Balaban J connectivity index is 6.13. The van der Waals surface area contributed by atoms with Crippen LogP contribution >= 0.6 is 0 Å². The van der Waals surface area contributed by atoms with Crippen molar-refractivity contribution in [3.63, 3.8) is 0 Å². The molecule has 4 atom stereocenters. The third kappa shape index (κ3) is 10.1. The molecule has 0 radical (unpaired) electrons. The normalized spacial score (nSPS) is 14.9. The molecule has 0 aliphatic rings. The highest BCUT2D eigenvalue weighted by Gasteiger charge is 2.43. The molecule has 0 aromatic rings. The van der Waals surface area contributed by atoms with Crippen LogP contribution in [0.25, 0.3) is 0 Å². The Morgan fingerprint density at radius 1 is 0.750 bits per heavy atom. The SMILES string of the molecule is CC(=O)OC[C@@H](OC(C)=O)[C@H](OC(C)=O)[C@H](OC(C)=O)[C@H](/C=N/O)OC(C)=O. The number of oxime groups is 1. The molecule has 0 bridgehead atoms. The Bertz CT molecular complexity index is 616. The summed E-state index contributed by atoms with van der Waals surface area (Å²) in [5, 5.41) is 11.6. The van der Waals surface area contributed by atoms with Gasteiger partial charge in [-0.2, -0.15) is 0 Å². The summed E-state index contributed by atoms with van der Waals surface area (Å²) in [6.07, 6.45) is -5.42. The summed E-state index contributed by atoms with van der Waals surface area (Å²) in [4.78, 5) is 57.1. The van der Waals surface area contributed by atoms with E-state index in [1.165, 1.54) is 0 Å². The highest BCUT2D eigenvalue weighted by Crippen LogP contribution is 2.19. The lowest BCUT2D eigenvalue weighted by Crippen LogP contribution is -2.53. The van der Waals surface area contributed by atoms with Crippen molar-refractivity contribution in [2.24, 2.45) is 5.16 Å². The fraction of sp³-hybridized carbons (Fsp3) is 0.625. The first-order chi connectivity index (χ1) is 13.0. The van der Waals surface area contributed by atoms with Crippen LogP contribution in [0.1, 0.15) is 34.6 Å². The summed E-state index contributed by atoms with van der Waals surface area (Å²) in [5.74, 6) is -4.14. The van der Waals surface area contributed by atoms with Gasteiger partial charge in [-0.3, -0.25) is 24.0 Å². The van der Waals surface area contributed by atoms with Gasteiger partial charge >= 0.3 is 29.8 Å². The second kappa shape index (κ2) is 12.3. The van der Waals surface area contributed by atoms with Crippen LogP contribution in [0.3, 0.4) is 0 Å². The molecular formula is C16H23NO11.